The molecule has 2 aromatic heterocycles. The Bertz CT molecular complexity index is 928. The van der Waals surface area contributed by atoms with Crippen molar-refractivity contribution in [1.82, 2.24) is 20.2 Å². The highest BCUT2D eigenvalue weighted by atomic mass is 35.5. The molecule has 1 amide bonds. The van der Waals surface area contributed by atoms with Crippen molar-refractivity contribution >= 4 is 46.5 Å². The zero-order valence-electron chi connectivity index (χ0n) is 14.0. The largest absolute Gasteiger partial charge is 0.453 e. The number of carbonyl (C=O) groups is 1. The number of aromatic nitrogens is 4. The summed E-state index contributed by atoms with van der Waals surface area (Å²) in [6.45, 7) is 1.91. The Kier molecular flexibility index (Phi) is 5.18. The summed E-state index contributed by atoms with van der Waals surface area (Å²) in [4.78, 5) is 19.9. The van der Waals surface area contributed by atoms with Crippen molar-refractivity contribution in [1.29, 1.82) is 0 Å². The van der Waals surface area contributed by atoms with Gasteiger partial charge in [-0.3, -0.25) is 15.4 Å². The molecular formula is C16H16ClN7O2. The van der Waals surface area contributed by atoms with Crippen LogP contribution in [0.3, 0.4) is 0 Å². The van der Waals surface area contributed by atoms with Crippen LogP contribution in [-0.4, -0.2) is 33.4 Å². The number of amides is 1. The van der Waals surface area contributed by atoms with Crippen LogP contribution in [-0.2, 0) is 4.74 Å². The van der Waals surface area contributed by atoms with Crippen LogP contribution < -0.4 is 16.0 Å². The Morgan fingerprint density at radius 3 is 2.62 bits per heavy atom. The lowest BCUT2D eigenvalue weighted by molar-refractivity contribution is 0.187. The number of H-pyrrole nitrogens is 1. The second kappa shape index (κ2) is 7.70. The molecule has 134 valence electrons. The molecule has 2 heterocycles. The molecule has 0 fully saturated rings. The third-order valence-electron chi connectivity index (χ3n) is 3.26. The number of anilines is 5. The predicted molar refractivity (Wildman–Crippen MR) is 99.4 cm³/mol. The SMILES string of the molecule is COC(=O)Nc1cc(Nc2cncc(Nc3cc(C)[nH]n3)n2)ccc1Cl. The van der Waals surface area contributed by atoms with Gasteiger partial charge in [-0.2, -0.15) is 5.10 Å². The van der Waals surface area contributed by atoms with Gasteiger partial charge in [0.05, 0.1) is 30.2 Å². The molecule has 0 aliphatic heterocycles. The van der Waals surface area contributed by atoms with Crippen LogP contribution in [0.1, 0.15) is 5.69 Å². The molecule has 26 heavy (non-hydrogen) atoms. The molecule has 0 radical (unpaired) electrons. The van der Waals surface area contributed by atoms with E-state index in [1.807, 2.05) is 13.0 Å². The zero-order valence-corrected chi connectivity index (χ0v) is 14.8. The molecule has 3 rings (SSSR count). The van der Waals surface area contributed by atoms with Crippen molar-refractivity contribution in [3.05, 3.63) is 47.4 Å². The number of rotatable bonds is 5. The topological polar surface area (TPSA) is 117 Å². The lowest BCUT2D eigenvalue weighted by Gasteiger charge is -2.11. The Balaban J connectivity index is 1.75. The van der Waals surface area contributed by atoms with Crippen molar-refractivity contribution in [2.45, 2.75) is 6.92 Å². The minimum atomic E-state index is -0.607. The molecule has 0 aliphatic rings. The van der Waals surface area contributed by atoms with E-state index in [9.17, 15) is 4.79 Å². The molecule has 9 nitrogen and oxygen atoms in total. The highest BCUT2D eigenvalue weighted by Gasteiger charge is 2.08. The number of carbonyl (C=O) groups excluding carboxylic acids is 1. The number of benzene rings is 1. The first-order valence-corrected chi connectivity index (χ1v) is 7.94. The number of nitrogens with one attached hydrogen (secondary N) is 4. The van der Waals surface area contributed by atoms with E-state index in [-0.39, 0.29) is 0 Å². The van der Waals surface area contributed by atoms with Crippen molar-refractivity contribution < 1.29 is 9.53 Å². The van der Waals surface area contributed by atoms with Gasteiger partial charge >= 0.3 is 6.09 Å². The minimum Gasteiger partial charge on any atom is -0.453 e. The number of aromatic amines is 1. The molecule has 0 saturated carbocycles. The van der Waals surface area contributed by atoms with Crippen molar-refractivity contribution in [2.24, 2.45) is 0 Å². The van der Waals surface area contributed by atoms with Gasteiger partial charge in [-0.15, -0.1) is 0 Å². The van der Waals surface area contributed by atoms with Gasteiger partial charge in [0.2, 0.25) is 0 Å². The number of methoxy groups -OCH3 is 1. The highest BCUT2D eigenvalue weighted by molar-refractivity contribution is 6.33. The monoisotopic (exact) mass is 373 g/mol. The summed E-state index contributed by atoms with van der Waals surface area (Å²) in [5.41, 5.74) is 2.02. The van der Waals surface area contributed by atoms with E-state index in [1.54, 1.807) is 30.6 Å². The molecule has 1 aromatic carbocycles. The highest BCUT2D eigenvalue weighted by Crippen LogP contribution is 2.27. The summed E-state index contributed by atoms with van der Waals surface area (Å²) in [5, 5.41) is 16.0. The van der Waals surface area contributed by atoms with E-state index in [0.717, 1.165) is 5.69 Å². The summed E-state index contributed by atoms with van der Waals surface area (Å²) in [6.07, 6.45) is 2.55. The summed E-state index contributed by atoms with van der Waals surface area (Å²) in [6, 6.07) is 6.92. The first-order chi connectivity index (χ1) is 12.5. The third-order valence-corrected chi connectivity index (χ3v) is 3.59. The first kappa shape index (κ1) is 17.5. The average molecular weight is 374 g/mol. The molecule has 0 spiro atoms. The second-order valence-corrected chi connectivity index (χ2v) is 5.69. The van der Waals surface area contributed by atoms with Gasteiger partial charge in [0.25, 0.3) is 0 Å². The lowest BCUT2D eigenvalue weighted by Crippen LogP contribution is -2.11. The van der Waals surface area contributed by atoms with Gasteiger partial charge in [0, 0.05) is 17.4 Å². The molecule has 0 saturated heterocycles. The fourth-order valence-corrected chi connectivity index (χ4v) is 2.27. The molecular weight excluding hydrogens is 358 g/mol. The number of ether oxygens (including phenoxy) is 1. The fraction of sp³-hybridized carbons (Fsp3) is 0.125. The molecule has 0 atom stereocenters. The van der Waals surface area contributed by atoms with E-state index in [0.29, 0.717) is 33.9 Å². The van der Waals surface area contributed by atoms with Crippen molar-refractivity contribution in [3.63, 3.8) is 0 Å². The van der Waals surface area contributed by atoms with E-state index >= 15 is 0 Å². The fourth-order valence-electron chi connectivity index (χ4n) is 2.11. The maximum atomic E-state index is 11.4. The van der Waals surface area contributed by atoms with Crippen LogP contribution in [0.25, 0.3) is 0 Å². The Morgan fingerprint density at radius 1 is 1.15 bits per heavy atom. The molecule has 0 aliphatic carbocycles. The van der Waals surface area contributed by atoms with E-state index < -0.39 is 6.09 Å². The Morgan fingerprint density at radius 2 is 1.92 bits per heavy atom. The summed E-state index contributed by atoms with van der Waals surface area (Å²) < 4.78 is 4.57. The van der Waals surface area contributed by atoms with Crippen molar-refractivity contribution in [2.75, 3.05) is 23.1 Å². The molecule has 0 bridgehead atoms. The van der Waals surface area contributed by atoms with Crippen LogP contribution in [0, 0.1) is 6.92 Å². The van der Waals surface area contributed by atoms with E-state index in [4.69, 9.17) is 11.6 Å². The zero-order chi connectivity index (χ0) is 18.5. The number of hydrogen-bond donors (Lipinski definition) is 4. The predicted octanol–water partition coefficient (Wildman–Crippen LogP) is 3.83. The van der Waals surface area contributed by atoms with E-state index in [2.05, 4.69) is 40.9 Å². The van der Waals surface area contributed by atoms with Crippen LogP contribution in [0.4, 0.5) is 33.6 Å². The summed E-state index contributed by atoms with van der Waals surface area (Å²) in [7, 11) is 1.28. The molecule has 3 aromatic rings. The summed E-state index contributed by atoms with van der Waals surface area (Å²) >= 11 is 6.07. The van der Waals surface area contributed by atoms with Crippen LogP contribution in [0.2, 0.25) is 5.02 Å². The lowest BCUT2D eigenvalue weighted by atomic mass is 10.2. The van der Waals surface area contributed by atoms with Gasteiger partial charge in [0.15, 0.2) is 17.5 Å². The van der Waals surface area contributed by atoms with E-state index in [1.165, 1.54) is 7.11 Å². The molecule has 0 unspecified atom stereocenters. The maximum Gasteiger partial charge on any atom is 0.411 e. The van der Waals surface area contributed by atoms with Crippen LogP contribution in [0.15, 0.2) is 36.7 Å². The maximum absolute atomic E-state index is 11.4. The van der Waals surface area contributed by atoms with Gasteiger partial charge in [-0.05, 0) is 25.1 Å². The number of halogens is 1. The number of hydrogen-bond acceptors (Lipinski definition) is 7. The Labute approximate surface area is 154 Å². The van der Waals surface area contributed by atoms with Gasteiger partial charge in [-0.25, -0.2) is 9.78 Å². The molecule has 4 N–H and O–H groups in total. The number of aryl methyl sites for hydroxylation is 1. The minimum absolute atomic E-state index is 0.386. The van der Waals surface area contributed by atoms with Crippen molar-refractivity contribution in [3.8, 4) is 0 Å². The normalized spacial score (nSPS) is 10.3. The van der Waals surface area contributed by atoms with Gasteiger partial charge < -0.3 is 15.4 Å². The van der Waals surface area contributed by atoms with Gasteiger partial charge in [0.1, 0.15) is 0 Å². The van der Waals surface area contributed by atoms with Crippen LogP contribution in [0.5, 0.6) is 0 Å². The van der Waals surface area contributed by atoms with Gasteiger partial charge in [-0.1, -0.05) is 11.6 Å². The standard InChI is InChI=1S/C16H16ClN7O2/c1-9-5-13(24-23-9)21-15-8-18-7-14(22-15)19-10-3-4-11(17)12(6-10)20-16(25)26-2/h3-8H,1-2H3,(H,20,25)(H3,19,21,22,23,24). The van der Waals surface area contributed by atoms with Crippen LogP contribution >= 0.6 is 11.6 Å². The molecule has 10 heteroatoms. The summed E-state index contributed by atoms with van der Waals surface area (Å²) in [5.74, 6) is 1.68. The third kappa shape index (κ3) is 4.39. The smallest absolute Gasteiger partial charge is 0.411 e. The number of nitrogens with zero attached hydrogens (tertiary/aromatic N) is 3. The quantitative estimate of drug-likeness (QED) is 0.537. The second-order valence-electron chi connectivity index (χ2n) is 5.29. The average Bonchev–Trinajstić information content (AvgIpc) is 3.03. The Hall–Kier alpha value is -3.33. The first-order valence-electron chi connectivity index (χ1n) is 7.56.